The summed E-state index contributed by atoms with van der Waals surface area (Å²) in [5, 5.41) is 0. The first-order valence-electron chi connectivity index (χ1n) is 18.6. The molecule has 0 spiro atoms. The Balaban J connectivity index is 0.000000195. The van der Waals surface area contributed by atoms with Gasteiger partial charge in [0, 0.05) is 69.5 Å². The fourth-order valence-electron chi connectivity index (χ4n) is 6.47. The second-order valence-corrected chi connectivity index (χ2v) is 12.8. The summed E-state index contributed by atoms with van der Waals surface area (Å²) in [6.45, 7) is 0. The number of methoxy groups -OCH3 is 4. The van der Waals surface area contributed by atoms with Crippen molar-refractivity contribution in [1.29, 1.82) is 0 Å². The molecule has 0 bridgehead atoms. The van der Waals surface area contributed by atoms with Crippen molar-refractivity contribution in [3.05, 3.63) is 194 Å². The Bertz CT molecular complexity index is 2270. The number of para-hydroxylation sites is 4. The predicted octanol–water partition coefficient (Wildman–Crippen LogP) is 12.1. The standard InChI is InChI=1S/2C25H21N2O2.Pt/c2*1-28-22-13-14-23(25(18-22)29-2)24-17-21(15-16-26-24)27(19-9-5-3-6-10-19)20-11-7-4-8-12-20;/h2*3-13,15-18H,1-2H3;/q2*-1;+2. The molecule has 296 valence electrons. The first-order chi connectivity index (χ1) is 28.6. The first-order valence-corrected chi connectivity index (χ1v) is 18.6. The van der Waals surface area contributed by atoms with Gasteiger partial charge < -0.3 is 38.7 Å². The number of aromatic nitrogens is 2. The van der Waals surface area contributed by atoms with Gasteiger partial charge in [-0.3, -0.25) is 0 Å². The largest absolute Gasteiger partial charge is 2.00 e. The molecule has 0 amide bonds. The van der Waals surface area contributed by atoms with Gasteiger partial charge in [-0.05, 0) is 72.1 Å². The van der Waals surface area contributed by atoms with Crippen LogP contribution < -0.4 is 28.7 Å². The molecule has 8 rings (SSSR count). The van der Waals surface area contributed by atoms with E-state index in [0.717, 1.165) is 56.6 Å². The second kappa shape index (κ2) is 20.5. The molecule has 0 atom stereocenters. The van der Waals surface area contributed by atoms with E-state index in [1.807, 2.05) is 109 Å². The normalized spacial score (nSPS) is 10.2. The fourth-order valence-corrected chi connectivity index (χ4v) is 6.47. The van der Waals surface area contributed by atoms with Crippen LogP contribution in [0.4, 0.5) is 34.1 Å². The summed E-state index contributed by atoms with van der Waals surface area (Å²) >= 11 is 0. The Morgan fingerprint density at radius 2 is 0.712 bits per heavy atom. The van der Waals surface area contributed by atoms with Crippen LogP contribution in [-0.2, 0) is 21.1 Å². The number of rotatable bonds is 12. The van der Waals surface area contributed by atoms with Crippen LogP contribution >= 0.6 is 0 Å². The third-order valence-corrected chi connectivity index (χ3v) is 9.24. The molecule has 0 saturated heterocycles. The maximum atomic E-state index is 5.55. The maximum absolute atomic E-state index is 5.55. The number of hydrogen-bond acceptors (Lipinski definition) is 8. The Hall–Kier alpha value is -6.89. The quantitative estimate of drug-likeness (QED) is 0.112. The monoisotopic (exact) mass is 957 g/mol. The topological polar surface area (TPSA) is 69.2 Å². The van der Waals surface area contributed by atoms with Gasteiger partial charge in [0.2, 0.25) is 0 Å². The van der Waals surface area contributed by atoms with Crippen molar-refractivity contribution in [3.8, 4) is 45.5 Å². The van der Waals surface area contributed by atoms with Gasteiger partial charge in [0.25, 0.3) is 0 Å². The molecule has 0 saturated carbocycles. The van der Waals surface area contributed by atoms with Gasteiger partial charge in [0.15, 0.2) is 0 Å². The number of pyridine rings is 2. The molecular formula is C50H42N4O4Pt. The van der Waals surface area contributed by atoms with E-state index in [1.54, 1.807) is 53.0 Å². The van der Waals surface area contributed by atoms with Crippen molar-refractivity contribution >= 4 is 34.1 Å². The maximum Gasteiger partial charge on any atom is 2.00 e. The van der Waals surface area contributed by atoms with Crippen molar-refractivity contribution in [2.24, 2.45) is 0 Å². The molecule has 59 heavy (non-hydrogen) atoms. The summed E-state index contributed by atoms with van der Waals surface area (Å²) in [4.78, 5) is 13.5. The molecule has 8 nitrogen and oxygen atoms in total. The van der Waals surface area contributed by atoms with E-state index in [-0.39, 0.29) is 21.1 Å². The van der Waals surface area contributed by atoms with Crippen molar-refractivity contribution in [2.45, 2.75) is 0 Å². The Morgan fingerprint density at radius 1 is 0.390 bits per heavy atom. The average Bonchev–Trinajstić information content (AvgIpc) is 3.30. The molecule has 0 N–H and O–H groups in total. The number of nitrogens with zero attached hydrogens (tertiary/aromatic N) is 4. The van der Waals surface area contributed by atoms with Crippen LogP contribution in [0.3, 0.4) is 0 Å². The molecule has 0 fully saturated rings. The minimum absolute atomic E-state index is 0. The zero-order chi connectivity index (χ0) is 40.1. The van der Waals surface area contributed by atoms with E-state index in [4.69, 9.17) is 18.9 Å². The van der Waals surface area contributed by atoms with Crippen LogP contribution in [0.15, 0.2) is 182 Å². The van der Waals surface area contributed by atoms with Crippen LogP contribution in [-0.4, -0.2) is 38.4 Å². The number of anilines is 6. The van der Waals surface area contributed by atoms with Gasteiger partial charge in [0.1, 0.15) is 0 Å². The molecule has 0 radical (unpaired) electrons. The van der Waals surface area contributed by atoms with Gasteiger partial charge in [-0.15, -0.1) is 24.3 Å². The van der Waals surface area contributed by atoms with Crippen molar-refractivity contribution in [2.75, 3.05) is 38.2 Å². The number of ether oxygens (including phenoxy) is 4. The molecule has 9 heteroatoms. The van der Waals surface area contributed by atoms with E-state index in [1.165, 1.54) is 0 Å². The summed E-state index contributed by atoms with van der Waals surface area (Å²) in [6.07, 6.45) is 3.61. The molecule has 0 aliphatic heterocycles. The van der Waals surface area contributed by atoms with Crippen molar-refractivity contribution in [1.82, 2.24) is 9.97 Å². The summed E-state index contributed by atoms with van der Waals surface area (Å²) in [5.74, 6) is 2.72. The number of benzene rings is 6. The second-order valence-electron chi connectivity index (χ2n) is 12.8. The SMILES string of the molecule is COc1c[c-]c(-c2cc(N(c3ccccc3)c3ccccc3)ccn2)c(OC)c1.COc1c[c-]c(-c2cc(N(c3ccccc3)c3ccccc3)ccn2)c(OC)c1.[Pt+2]. The first kappa shape index (κ1) is 41.7. The summed E-state index contributed by atoms with van der Waals surface area (Å²) < 4.78 is 21.7. The van der Waals surface area contributed by atoms with Gasteiger partial charge in [-0.2, -0.15) is 0 Å². The Labute approximate surface area is 360 Å². The fraction of sp³-hybridized carbons (Fsp3) is 0.0800. The van der Waals surface area contributed by atoms with Gasteiger partial charge >= 0.3 is 21.1 Å². The van der Waals surface area contributed by atoms with Gasteiger partial charge in [-0.25, -0.2) is 0 Å². The molecular weight excluding hydrogens is 916 g/mol. The molecule has 2 heterocycles. The van der Waals surface area contributed by atoms with Crippen LogP contribution in [0.25, 0.3) is 22.5 Å². The Morgan fingerprint density at radius 3 is 1.00 bits per heavy atom. The van der Waals surface area contributed by atoms with Gasteiger partial charge in [0.05, 0.1) is 28.4 Å². The molecule has 6 aromatic carbocycles. The summed E-state index contributed by atoms with van der Waals surface area (Å²) in [5.41, 5.74) is 9.41. The summed E-state index contributed by atoms with van der Waals surface area (Å²) in [6, 6.07) is 62.9. The Kier molecular flexibility index (Phi) is 14.5. The molecule has 0 aliphatic carbocycles. The molecule has 0 aliphatic rings. The molecule has 2 aromatic heterocycles. The van der Waals surface area contributed by atoms with E-state index in [0.29, 0.717) is 23.0 Å². The van der Waals surface area contributed by atoms with Crippen LogP contribution in [0, 0.1) is 12.1 Å². The van der Waals surface area contributed by atoms with E-state index < -0.39 is 0 Å². The van der Waals surface area contributed by atoms with Crippen LogP contribution in [0.5, 0.6) is 23.0 Å². The molecule has 8 aromatic rings. The predicted molar refractivity (Wildman–Crippen MR) is 233 cm³/mol. The molecule has 0 unspecified atom stereocenters. The zero-order valence-electron chi connectivity index (χ0n) is 33.1. The van der Waals surface area contributed by atoms with E-state index in [9.17, 15) is 0 Å². The minimum Gasteiger partial charge on any atom is -0.540 e. The van der Waals surface area contributed by atoms with E-state index in [2.05, 4.69) is 80.4 Å². The van der Waals surface area contributed by atoms with Crippen LogP contribution in [0.2, 0.25) is 0 Å². The summed E-state index contributed by atoms with van der Waals surface area (Å²) in [7, 11) is 6.52. The average molecular weight is 958 g/mol. The van der Waals surface area contributed by atoms with E-state index >= 15 is 0 Å². The van der Waals surface area contributed by atoms with Crippen LogP contribution in [0.1, 0.15) is 0 Å². The van der Waals surface area contributed by atoms with Gasteiger partial charge in [-0.1, -0.05) is 108 Å². The third-order valence-electron chi connectivity index (χ3n) is 9.24. The smallest absolute Gasteiger partial charge is 0.540 e. The third kappa shape index (κ3) is 9.98. The van der Waals surface area contributed by atoms with Crippen molar-refractivity contribution < 1.29 is 40.0 Å². The number of hydrogen-bond donors (Lipinski definition) is 0. The minimum atomic E-state index is 0. The zero-order valence-corrected chi connectivity index (χ0v) is 35.3. The van der Waals surface area contributed by atoms with Crippen molar-refractivity contribution in [3.63, 3.8) is 0 Å².